The van der Waals surface area contributed by atoms with E-state index in [9.17, 15) is 0 Å². The second-order valence-electron chi connectivity index (χ2n) is 1.58. The smallest absolute Gasteiger partial charge is 0.0348 e. The average Bonchev–Trinajstić information content (AvgIpc) is 1.66. The molecule has 0 fully saturated rings. The van der Waals surface area contributed by atoms with Crippen molar-refractivity contribution in [3.63, 3.8) is 0 Å². The third-order valence-corrected chi connectivity index (χ3v) is 0.641. The van der Waals surface area contributed by atoms with Crippen LogP contribution in [0.1, 0.15) is 0 Å². The molecule has 0 radical (unpaired) electrons. The van der Waals surface area contributed by atoms with E-state index in [1.807, 2.05) is 0 Å². The van der Waals surface area contributed by atoms with Crippen molar-refractivity contribution in [1.82, 2.24) is 5.32 Å². The van der Waals surface area contributed by atoms with Crippen LogP contribution >= 0.6 is 0 Å². The van der Waals surface area contributed by atoms with Gasteiger partial charge < -0.3 is 11.1 Å². The van der Waals surface area contributed by atoms with E-state index in [0.717, 1.165) is 6.54 Å². The summed E-state index contributed by atoms with van der Waals surface area (Å²) in [4.78, 5) is 0. The van der Waals surface area contributed by atoms with Gasteiger partial charge in [-0.1, -0.05) is 12.7 Å². The number of hydrogen-bond donors (Lipinski definition) is 2. The van der Waals surface area contributed by atoms with Crippen molar-refractivity contribution in [2.75, 3.05) is 13.1 Å². The zero-order valence-electron chi connectivity index (χ0n) is 4.98. The van der Waals surface area contributed by atoms with Crippen LogP contribution in [0.15, 0.2) is 24.9 Å². The summed E-state index contributed by atoms with van der Waals surface area (Å²) in [6.45, 7) is 8.49. The molecule has 0 aliphatic rings. The maximum Gasteiger partial charge on any atom is 0.0348 e. The summed E-state index contributed by atoms with van der Waals surface area (Å²) in [6, 6.07) is 0. The van der Waals surface area contributed by atoms with Crippen molar-refractivity contribution in [2.45, 2.75) is 0 Å². The molecule has 0 unspecified atom stereocenters. The predicted molar refractivity (Wildman–Crippen MR) is 36.4 cm³/mol. The third kappa shape index (κ3) is 5.24. The van der Waals surface area contributed by atoms with Gasteiger partial charge in [0.15, 0.2) is 0 Å². The van der Waals surface area contributed by atoms with Crippen LogP contribution in [0, 0.1) is 0 Å². The zero-order valence-corrected chi connectivity index (χ0v) is 4.98. The second kappa shape index (κ2) is 4.40. The van der Waals surface area contributed by atoms with Crippen LogP contribution in [0.2, 0.25) is 0 Å². The summed E-state index contributed by atoms with van der Waals surface area (Å²) in [6.07, 6.45) is 1.78. The fourth-order valence-electron chi connectivity index (χ4n) is 0.335. The average molecular weight is 112 g/mol. The van der Waals surface area contributed by atoms with E-state index >= 15 is 0 Å². The first kappa shape index (κ1) is 7.24. The van der Waals surface area contributed by atoms with Gasteiger partial charge in [0.1, 0.15) is 0 Å². The Bertz CT molecular complexity index is 86.5. The highest BCUT2D eigenvalue weighted by atomic mass is 14.9. The summed E-state index contributed by atoms with van der Waals surface area (Å²) in [5.74, 6) is 0. The Balaban J connectivity index is 2.93. The van der Waals surface area contributed by atoms with Gasteiger partial charge in [0.05, 0.1) is 0 Å². The number of hydrogen-bond acceptors (Lipinski definition) is 2. The van der Waals surface area contributed by atoms with Crippen molar-refractivity contribution < 1.29 is 0 Å². The van der Waals surface area contributed by atoms with Crippen molar-refractivity contribution in [2.24, 2.45) is 5.73 Å². The molecular formula is C6H12N2. The van der Waals surface area contributed by atoms with Gasteiger partial charge >= 0.3 is 0 Å². The minimum Gasteiger partial charge on any atom is -0.401 e. The van der Waals surface area contributed by atoms with Gasteiger partial charge in [-0.15, -0.1) is 6.58 Å². The van der Waals surface area contributed by atoms with Crippen molar-refractivity contribution in [3.05, 3.63) is 24.9 Å². The summed E-state index contributed by atoms with van der Waals surface area (Å²) in [7, 11) is 0. The molecule has 0 amide bonds. The molecule has 0 saturated heterocycles. The third-order valence-electron chi connectivity index (χ3n) is 0.641. The van der Waals surface area contributed by atoms with Crippen molar-refractivity contribution in [3.8, 4) is 0 Å². The lowest BCUT2D eigenvalue weighted by molar-refractivity contribution is 0.811. The van der Waals surface area contributed by atoms with Crippen molar-refractivity contribution in [1.29, 1.82) is 0 Å². The lowest BCUT2D eigenvalue weighted by atomic mass is 10.5. The van der Waals surface area contributed by atoms with Gasteiger partial charge in [-0.3, -0.25) is 0 Å². The number of nitrogens with one attached hydrogen (secondary N) is 1. The molecular weight excluding hydrogens is 100 g/mol. The highest BCUT2D eigenvalue weighted by molar-refractivity contribution is 4.89. The topological polar surface area (TPSA) is 38.0 Å². The lowest BCUT2D eigenvalue weighted by Crippen LogP contribution is -2.19. The predicted octanol–water partition coefficient (Wildman–Crippen LogP) is 0.234. The zero-order chi connectivity index (χ0) is 6.41. The van der Waals surface area contributed by atoms with E-state index in [1.54, 1.807) is 6.08 Å². The maximum atomic E-state index is 5.24. The highest BCUT2D eigenvalue weighted by Crippen LogP contribution is 1.69. The van der Waals surface area contributed by atoms with E-state index in [4.69, 9.17) is 5.73 Å². The van der Waals surface area contributed by atoms with Gasteiger partial charge in [0.2, 0.25) is 0 Å². The van der Waals surface area contributed by atoms with E-state index in [0.29, 0.717) is 12.2 Å². The molecule has 2 nitrogen and oxygen atoms in total. The van der Waals surface area contributed by atoms with Crippen LogP contribution in [0.4, 0.5) is 0 Å². The molecule has 0 atom stereocenters. The summed E-state index contributed by atoms with van der Waals surface area (Å²) >= 11 is 0. The second-order valence-corrected chi connectivity index (χ2v) is 1.58. The Morgan fingerprint density at radius 3 is 2.75 bits per heavy atom. The van der Waals surface area contributed by atoms with E-state index in [2.05, 4.69) is 18.5 Å². The molecule has 2 heteroatoms. The summed E-state index contributed by atoms with van der Waals surface area (Å²) < 4.78 is 0. The molecule has 46 valence electrons. The minimum atomic E-state index is 0.659. The van der Waals surface area contributed by atoms with Crippen LogP contribution in [-0.2, 0) is 0 Å². The van der Waals surface area contributed by atoms with Crippen LogP contribution in [0.5, 0.6) is 0 Å². The quantitative estimate of drug-likeness (QED) is 0.403. The molecule has 0 bridgehead atoms. The maximum absolute atomic E-state index is 5.24. The first-order valence-corrected chi connectivity index (χ1v) is 2.52. The first-order valence-electron chi connectivity index (χ1n) is 2.52. The van der Waals surface area contributed by atoms with Crippen molar-refractivity contribution >= 4 is 0 Å². The van der Waals surface area contributed by atoms with Gasteiger partial charge in [-0.25, -0.2) is 0 Å². The van der Waals surface area contributed by atoms with E-state index < -0.39 is 0 Å². The van der Waals surface area contributed by atoms with Gasteiger partial charge in [-0.2, -0.15) is 0 Å². The van der Waals surface area contributed by atoms with E-state index in [-0.39, 0.29) is 0 Å². The first-order chi connectivity index (χ1) is 3.77. The molecule has 3 N–H and O–H groups in total. The molecule has 0 spiro atoms. The standard InChI is InChI=1S/C6H12N2/c1-3-4-8-5-6(2)7/h3,8H,1-2,4-5,7H2. The van der Waals surface area contributed by atoms with Gasteiger partial charge in [0, 0.05) is 18.8 Å². The fourth-order valence-corrected chi connectivity index (χ4v) is 0.335. The molecule has 8 heavy (non-hydrogen) atoms. The molecule has 0 saturated carbocycles. The molecule has 0 aliphatic heterocycles. The number of nitrogens with two attached hydrogens (primary N) is 1. The lowest BCUT2D eigenvalue weighted by Gasteiger charge is -1.97. The molecule has 0 aromatic carbocycles. The molecule has 0 aromatic rings. The Labute approximate surface area is 50.1 Å². The summed E-state index contributed by atoms with van der Waals surface area (Å²) in [5, 5.41) is 2.99. The van der Waals surface area contributed by atoms with Crippen LogP contribution < -0.4 is 11.1 Å². The SMILES string of the molecule is C=CCNCC(=C)N. The molecule has 0 rings (SSSR count). The Kier molecular flexibility index (Phi) is 3.98. The van der Waals surface area contributed by atoms with Crippen LogP contribution in [-0.4, -0.2) is 13.1 Å². The number of rotatable bonds is 4. The van der Waals surface area contributed by atoms with Gasteiger partial charge in [0.25, 0.3) is 0 Å². The molecule has 0 aromatic heterocycles. The largest absolute Gasteiger partial charge is 0.401 e. The molecule has 0 aliphatic carbocycles. The van der Waals surface area contributed by atoms with Crippen LogP contribution in [0.25, 0.3) is 0 Å². The Morgan fingerprint density at radius 2 is 2.38 bits per heavy atom. The molecule has 0 heterocycles. The summed E-state index contributed by atoms with van der Waals surface area (Å²) in [5.41, 5.74) is 5.90. The normalized spacial score (nSPS) is 8.50. The highest BCUT2D eigenvalue weighted by Gasteiger charge is 1.80. The van der Waals surface area contributed by atoms with E-state index in [1.165, 1.54) is 0 Å². The minimum absolute atomic E-state index is 0.659. The van der Waals surface area contributed by atoms with Gasteiger partial charge in [-0.05, 0) is 0 Å². The Morgan fingerprint density at radius 1 is 1.75 bits per heavy atom. The van der Waals surface area contributed by atoms with Crippen LogP contribution in [0.3, 0.4) is 0 Å². The Hall–Kier alpha value is -0.760. The fraction of sp³-hybridized carbons (Fsp3) is 0.333. The monoisotopic (exact) mass is 112 g/mol.